The third-order valence-electron chi connectivity index (χ3n) is 7.56. The molecule has 2 aliphatic heterocycles. The van der Waals surface area contributed by atoms with Gasteiger partial charge in [0.15, 0.2) is 0 Å². The van der Waals surface area contributed by atoms with Crippen molar-refractivity contribution >= 4 is 28.4 Å². The van der Waals surface area contributed by atoms with E-state index in [2.05, 4.69) is 34.3 Å². The Bertz CT molecular complexity index is 1460. The van der Waals surface area contributed by atoms with Gasteiger partial charge in [0.05, 0.1) is 36.5 Å². The Labute approximate surface area is 233 Å². The van der Waals surface area contributed by atoms with Crippen LogP contribution in [0.2, 0.25) is 5.02 Å². The van der Waals surface area contributed by atoms with Crippen molar-refractivity contribution < 1.29 is 14.3 Å². The molecule has 202 valence electrons. The summed E-state index contributed by atoms with van der Waals surface area (Å²) in [6, 6.07) is 21.7. The van der Waals surface area contributed by atoms with Gasteiger partial charge in [-0.05, 0) is 66.4 Å². The standard InChI is InChI=1S/C31H33ClN4O3/c1-19(2)13-29(25-5-3-4-6-27(25)32)33-31(37)21-9-12-28-26(14-21)30(35-34-28)20-7-10-23(11-8-20)39-24-15-36(16-24)22-17-38-18-22/h3-12,14,19,22,24,29H,13,15-18H2,1-2H3,(H,33,37)(H,34,35). The summed E-state index contributed by atoms with van der Waals surface area (Å²) in [5, 5.41) is 12.4. The van der Waals surface area contributed by atoms with E-state index in [-0.39, 0.29) is 18.1 Å². The number of H-pyrrole nitrogens is 1. The van der Waals surface area contributed by atoms with Crippen LogP contribution in [-0.4, -0.2) is 59.5 Å². The highest BCUT2D eigenvalue weighted by Gasteiger charge is 2.37. The molecule has 2 aliphatic rings. The number of hydrogen-bond acceptors (Lipinski definition) is 5. The largest absolute Gasteiger partial charge is 0.488 e. The number of fused-ring (bicyclic) bond motifs is 1. The van der Waals surface area contributed by atoms with E-state index in [0.29, 0.717) is 22.5 Å². The summed E-state index contributed by atoms with van der Waals surface area (Å²) in [4.78, 5) is 15.8. The fraction of sp³-hybridized carbons (Fsp3) is 0.355. The number of ether oxygens (including phenoxy) is 2. The summed E-state index contributed by atoms with van der Waals surface area (Å²) in [5.41, 5.74) is 4.15. The van der Waals surface area contributed by atoms with Crippen molar-refractivity contribution in [3.8, 4) is 17.0 Å². The molecule has 4 aromatic rings. The number of aromatic amines is 1. The maximum absolute atomic E-state index is 13.4. The van der Waals surface area contributed by atoms with E-state index in [0.717, 1.165) is 66.2 Å². The molecule has 6 rings (SSSR count). The quantitative estimate of drug-likeness (QED) is 0.276. The van der Waals surface area contributed by atoms with Gasteiger partial charge >= 0.3 is 0 Å². The lowest BCUT2D eigenvalue weighted by Crippen LogP contribution is -2.62. The molecule has 0 bridgehead atoms. The van der Waals surface area contributed by atoms with Gasteiger partial charge < -0.3 is 14.8 Å². The lowest BCUT2D eigenvalue weighted by molar-refractivity contribution is -0.115. The number of likely N-dealkylation sites (tertiary alicyclic amines) is 1. The second-order valence-electron chi connectivity index (χ2n) is 10.9. The van der Waals surface area contributed by atoms with Crippen molar-refractivity contribution in [2.45, 2.75) is 38.5 Å². The molecule has 1 amide bonds. The zero-order chi connectivity index (χ0) is 26.9. The molecular weight excluding hydrogens is 512 g/mol. The maximum atomic E-state index is 13.4. The molecule has 8 heteroatoms. The predicted molar refractivity (Wildman–Crippen MR) is 153 cm³/mol. The van der Waals surface area contributed by atoms with Gasteiger partial charge in [0.2, 0.25) is 0 Å². The van der Waals surface area contributed by atoms with E-state index < -0.39 is 0 Å². The normalized spacial score (nSPS) is 17.1. The Morgan fingerprint density at radius 1 is 1.13 bits per heavy atom. The second-order valence-corrected chi connectivity index (χ2v) is 11.3. The maximum Gasteiger partial charge on any atom is 0.251 e. The number of carbonyl (C=O) groups is 1. The number of halogens is 1. The predicted octanol–water partition coefficient (Wildman–Crippen LogP) is 5.86. The summed E-state index contributed by atoms with van der Waals surface area (Å²) in [6.45, 7) is 7.84. The van der Waals surface area contributed by atoms with E-state index in [4.69, 9.17) is 21.1 Å². The molecule has 0 radical (unpaired) electrons. The molecule has 3 aromatic carbocycles. The molecule has 2 N–H and O–H groups in total. The number of nitrogens with zero attached hydrogens (tertiary/aromatic N) is 2. The summed E-state index contributed by atoms with van der Waals surface area (Å²) in [6.07, 6.45) is 1.01. The average molecular weight is 545 g/mol. The van der Waals surface area contributed by atoms with Crippen LogP contribution in [0.4, 0.5) is 0 Å². The Morgan fingerprint density at radius 3 is 2.59 bits per heavy atom. The molecule has 1 aromatic heterocycles. The summed E-state index contributed by atoms with van der Waals surface area (Å²) in [5.74, 6) is 1.10. The number of aromatic nitrogens is 2. The van der Waals surface area contributed by atoms with Crippen molar-refractivity contribution in [2.24, 2.45) is 5.92 Å². The molecule has 0 saturated carbocycles. The number of amides is 1. The van der Waals surface area contributed by atoms with Crippen LogP contribution >= 0.6 is 11.6 Å². The first-order chi connectivity index (χ1) is 18.9. The summed E-state index contributed by atoms with van der Waals surface area (Å²) >= 11 is 6.48. The van der Waals surface area contributed by atoms with Gasteiger partial charge in [0.25, 0.3) is 5.91 Å². The van der Waals surface area contributed by atoms with Crippen molar-refractivity contribution in [2.75, 3.05) is 26.3 Å². The summed E-state index contributed by atoms with van der Waals surface area (Å²) < 4.78 is 11.4. The zero-order valence-electron chi connectivity index (χ0n) is 22.2. The average Bonchev–Trinajstić information content (AvgIpc) is 3.30. The lowest BCUT2D eigenvalue weighted by atomic mass is 9.96. The molecule has 39 heavy (non-hydrogen) atoms. The molecule has 2 fully saturated rings. The van der Waals surface area contributed by atoms with E-state index in [1.54, 1.807) is 0 Å². The monoisotopic (exact) mass is 544 g/mol. The van der Waals surface area contributed by atoms with Crippen molar-refractivity contribution in [1.82, 2.24) is 20.4 Å². The molecule has 1 atom stereocenters. The van der Waals surface area contributed by atoms with Crippen molar-refractivity contribution in [1.29, 1.82) is 0 Å². The van der Waals surface area contributed by atoms with Gasteiger partial charge in [-0.25, -0.2) is 0 Å². The van der Waals surface area contributed by atoms with E-state index in [1.165, 1.54) is 0 Å². The lowest BCUT2D eigenvalue weighted by Gasteiger charge is -2.46. The fourth-order valence-corrected chi connectivity index (χ4v) is 5.54. The number of carbonyl (C=O) groups excluding carboxylic acids is 1. The van der Waals surface area contributed by atoms with Crippen LogP contribution in [-0.2, 0) is 4.74 Å². The van der Waals surface area contributed by atoms with Crippen LogP contribution < -0.4 is 10.1 Å². The second kappa shape index (κ2) is 11.0. The molecule has 7 nitrogen and oxygen atoms in total. The number of benzene rings is 3. The van der Waals surface area contributed by atoms with E-state index in [1.807, 2.05) is 66.7 Å². The number of nitrogens with one attached hydrogen (secondary N) is 2. The van der Waals surface area contributed by atoms with Crippen LogP contribution in [0.15, 0.2) is 66.7 Å². The molecule has 3 heterocycles. The first kappa shape index (κ1) is 25.9. The highest BCUT2D eigenvalue weighted by Crippen LogP contribution is 2.31. The Balaban J connectivity index is 1.17. The van der Waals surface area contributed by atoms with Gasteiger partial charge in [0, 0.05) is 34.6 Å². The molecule has 2 saturated heterocycles. The van der Waals surface area contributed by atoms with Crippen LogP contribution in [0.3, 0.4) is 0 Å². The van der Waals surface area contributed by atoms with Crippen LogP contribution in [0.25, 0.3) is 22.2 Å². The minimum Gasteiger partial charge on any atom is -0.488 e. The summed E-state index contributed by atoms with van der Waals surface area (Å²) in [7, 11) is 0. The Hall–Kier alpha value is -3.39. The Kier molecular flexibility index (Phi) is 7.30. The van der Waals surface area contributed by atoms with Gasteiger partial charge in [-0.3, -0.25) is 14.8 Å². The minimum atomic E-state index is -0.178. The highest BCUT2D eigenvalue weighted by atomic mass is 35.5. The SMILES string of the molecule is CC(C)CC(NC(=O)c1ccc2[nH]nc(-c3ccc(OC4CN(C5COC5)C4)cc3)c2c1)c1ccccc1Cl. The molecular formula is C31H33ClN4O3. The highest BCUT2D eigenvalue weighted by molar-refractivity contribution is 6.31. The molecule has 0 aliphatic carbocycles. The van der Waals surface area contributed by atoms with Crippen molar-refractivity contribution in [3.63, 3.8) is 0 Å². The number of hydrogen-bond donors (Lipinski definition) is 2. The van der Waals surface area contributed by atoms with Crippen LogP contribution in [0, 0.1) is 5.92 Å². The van der Waals surface area contributed by atoms with E-state index >= 15 is 0 Å². The van der Waals surface area contributed by atoms with Gasteiger partial charge in [-0.15, -0.1) is 0 Å². The zero-order valence-corrected chi connectivity index (χ0v) is 22.9. The van der Waals surface area contributed by atoms with Gasteiger partial charge in [-0.1, -0.05) is 43.6 Å². The van der Waals surface area contributed by atoms with Gasteiger partial charge in [-0.2, -0.15) is 5.10 Å². The van der Waals surface area contributed by atoms with Crippen LogP contribution in [0.5, 0.6) is 5.75 Å². The molecule has 1 unspecified atom stereocenters. The first-order valence-corrected chi connectivity index (χ1v) is 13.9. The smallest absolute Gasteiger partial charge is 0.251 e. The number of rotatable bonds is 9. The minimum absolute atomic E-state index is 0.138. The Morgan fingerprint density at radius 2 is 1.90 bits per heavy atom. The third kappa shape index (κ3) is 5.53. The van der Waals surface area contributed by atoms with Gasteiger partial charge in [0.1, 0.15) is 11.9 Å². The molecule has 0 spiro atoms. The van der Waals surface area contributed by atoms with Crippen LogP contribution in [0.1, 0.15) is 42.2 Å². The van der Waals surface area contributed by atoms with E-state index in [9.17, 15) is 4.79 Å². The topological polar surface area (TPSA) is 79.5 Å². The third-order valence-corrected chi connectivity index (χ3v) is 7.91. The fourth-order valence-electron chi connectivity index (χ4n) is 5.27. The first-order valence-electron chi connectivity index (χ1n) is 13.6. The van der Waals surface area contributed by atoms with Crippen molar-refractivity contribution in [3.05, 3.63) is 82.9 Å².